The number of amides is 1. The molecule has 0 saturated heterocycles. The fourth-order valence-electron chi connectivity index (χ4n) is 2.03. The van der Waals surface area contributed by atoms with Gasteiger partial charge in [-0.2, -0.15) is 0 Å². The van der Waals surface area contributed by atoms with E-state index in [2.05, 4.69) is 5.32 Å². The number of benzene rings is 1. The average Bonchev–Trinajstić information content (AvgIpc) is 2.29. The molecule has 0 saturated carbocycles. The van der Waals surface area contributed by atoms with Crippen LogP contribution in [0.15, 0.2) is 18.2 Å². The van der Waals surface area contributed by atoms with Crippen LogP contribution in [0, 0.1) is 0 Å². The van der Waals surface area contributed by atoms with Crippen molar-refractivity contribution in [2.24, 2.45) is 5.73 Å². The van der Waals surface area contributed by atoms with Gasteiger partial charge in [0.2, 0.25) is 0 Å². The summed E-state index contributed by atoms with van der Waals surface area (Å²) < 4.78 is 5.10. The number of rotatable bonds is 3. The fraction of sp³-hybridized carbons (Fsp3) is 0.417. The summed E-state index contributed by atoms with van der Waals surface area (Å²) in [5, 5.41) is 2.95. The molecule has 0 fully saturated rings. The Bertz CT molecular complexity index is 404. The van der Waals surface area contributed by atoms with Gasteiger partial charge in [0.05, 0.1) is 7.11 Å². The molecular weight excluding hydrogens is 204 g/mol. The maximum absolute atomic E-state index is 11.8. The topological polar surface area (TPSA) is 64.3 Å². The monoisotopic (exact) mass is 220 g/mol. The fourth-order valence-corrected chi connectivity index (χ4v) is 2.03. The number of hydrogen-bond donors (Lipinski definition) is 2. The van der Waals surface area contributed by atoms with Crippen LogP contribution >= 0.6 is 0 Å². The Morgan fingerprint density at radius 2 is 2.38 bits per heavy atom. The van der Waals surface area contributed by atoms with Gasteiger partial charge in [0.1, 0.15) is 5.75 Å². The Morgan fingerprint density at radius 3 is 3.06 bits per heavy atom. The van der Waals surface area contributed by atoms with Crippen LogP contribution < -0.4 is 15.8 Å². The SMILES string of the molecule is COc1ccc2c(c1)C(=O)NC(CCN)C2. The first-order valence-corrected chi connectivity index (χ1v) is 5.42. The van der Waals surface area contributed by atoms with E-state index < -0.39 is 0 Å². The highest BCUT2D eigenvalue weighted by molar-refractivity contribution is 5.97. The minimum atomic E-state index is -0.0291. The summed E-state index contributed by atoms with van der Waals surface area (Å²) in [5.41, 5.74) is 7.29. The highest BCUT2D eigenvalue weighted by atomic mass is 16.5. The smallest absolute Gasteiger partial charge is 0.251 e. The van der Waals surface area contributed by atoms with Gasteiger partial charge in [-0.1, -0.05) is 6.07 Å². The predicted octanol–water partition coefficient (Wildman–Crippen LogP) is 0.699. The van der Waals surface area contributed by atoms with Crippen molar-refractivity contribution >= 4 is 5.91 Å². The molecule has 0 aromatic heterocycles. The second-order valence-electron chi connectivity index (χ2n) is 3.97. The lowest BCUT2D eigenvalue weighted by molar-refractivity contribution is 0.0923. The summed E-state index contributed by atoms with van der Waals surface area (Å²) in [6.07, 6.45) is 1.67. The zero-order valence-electron chi connectivity index (χ0n) is 9.32. The zero-order valence-corrected chi connectivity index (χ0v) is 9.32. The first kappa shape index (κ1) is 11.0. The molecular formula is C12H16N2O2. The van der Waals surface area contributed by atoms with E-state index >= 15 is 0 Å². The molecule has 1 aromatic carbocycles. The molecule has 3 N–H and O–H groups in total. The van der Waals surface area contributed by atoms with Crippen molar-refractivity contribution in [3.63, 3.8) is 0 Å². The van der Waals surface area contributed by atoms with Gasteiger partial charge in [-0.15, -0.1) is 0 Å². The van der Waals surface area contributed by atoms with Gasteiger partial charge in [-0.3, -0.25) is 4.79 Å². The van der Waals surface area contributed by atoms with Crippen LogP contribution in [-0.4, -0.2) is 25.6 Å². The van der Waals surface area contributed by atoms with Crippen LogP contribution in [0.2, 0.25) is 0 Å². The molecule has 2 rings (SSSR count). The van der Waals surface area contributed by atoms with E-state index in [1.165, 1.54) is 0 Å². The second-order valence-corrected chi connectivity index (χ2v) is 3.97. The molecule has 1 aliphatic rings. The van der Waals surface area contributed by atoms with Crippen LogP contribution in [-0.2, 0) is 6.42 Å². The lowest BCUT2D eigenvalue weighted by atomic mass is 9.93. The molecule has 1 heterocycles. The molecule has 0 aliphatic carbocycles. The Balaban J connectivity index is 2.27. The van der Waals surface area contributed by atoms with E-state index in [1.54, 1.807) is 13.2 Å². The molecule has 1 unspecified atom stereocenters. The second kappa shape index (κ2) is 4.53. The first-order valence-electron chi connectivity index (χ1n) is 5.42. The van der Waals surface area contributed by atoms with E-state index in [0.29, 0.717) is 17.9 Å². The van der Waals surface area contributed by atoms with Gasteiger partial charge in [0.15, 0.2) is 0 Å². The van der Waals surface area contributed by atoms with E-state index in [0.717, 1.165) is 18.4 Å². The maximum Gasteiger partial charge on any atom is 0.251 e. The van der Waals surface area contributed by atoms with E-state index in [9.17, 15) is 4.79 Å². The van der Waals surface area contributed by atoms with Gasteiger partial charge in [-0.05, 0) is 37.1 Å². The zero-order chi connectivity index (χ0) is 11.5. The normalized spacial score (nSPS) is 18.9. The number of nitrogens with one attached hydrogen (secondary N) is 1. The van der Waals surface area contributed by atoms with Crippen molar-refractivity contribution in [1.29, 1.82) is 0 Å². The van der Waals surface area contributed by atoms with Crippen LogP contribution in [0.4, 0.5) is 0 Å². The molecule has 0 radical (unpaired) electrons. The number of methoxy groups -OCH3 is 1. The Labute approximate surface area is 94.8 Å². The average molecular weight is 220 g/mol. The summed E-state index contributed by atoms with van der Waals surface area (Å²) in [5.74, 6) is 0.685. The predicted molar refractivity (Wildman–Crippen MR) is 61.6 cm³/mol. The standard InChI is InChI=1S/C12H16N2O2/c1-16-10-3-2-8-6-9(4-5-13)14-12(15)11(8)7-10/h2-3,7,9H,4-6,13H2,1H3,(H,14,15). The minimum absolute atomic E-state index is 0.0291. The summed E-state index contributed by atoms with van der Waals surface area (Å²) in [4.78, 5) is 11.8. The minimum Gasteiger partial charge on any atom is -0.497 e. The third kappa shape index (κ3) is 2.02. The van der Waals surface area contributed by atoms with Crippen LogP contribution in [0.25, 0.3) is 0 Å². The molecule has 86 valence electrons. The Kier molecular flexibility index (Phi) is 3.10. The van der Waals surface area contributed by atoms with Gasteiger partial charge in [0, 0.05) is 11.6 Å². The van der Waals surface area contributed by atoms with Crippen molar-refractivity contribution in [3.05, 3.63) is 29.3 Å². The van der Waals surface area contributed by atoms with Gasteiger partial charge < -0.3 is 15.8 Å². The molecule has 1 amide bonds. The van der Waals surface area contributed by atoms with Crippen molar-refractivity contribution < 1.29 is 9.53 Å². The highest BCUT2D eigenvalue weighted by Crippen LogP contribution is 2.22. The summed E-state index contributed by atoms with van der Waals surface area (Å²) in [7, 11) is 1.60. The number of ether oxygens (including phenoxy) is 1. The molecule has 1 aliphatic heterocycles. The van der Waals surface area contributed by atoms with Crippen molar-refractivity contribution in [3.8, 4) is 5.75 Å². The number of carbonyl (C=O) groups excluding carboxylic acids is 1. The number of carbonyl (C=O) groups is 1. The van der Waals surface area contributed by atoms with Crippen LogP contribution in [0.5, 0.6) is 5.75 Å². The van der Waals surface area contributed by atoms with Crippen LogP contribution in [0.1, 0.15) is 22.3 Å². The highest BCUT2D eigenvalue weighted by Gasteiger charge is 2.23. The van der Waals surface area contributed by atoms with Crippen molar-refractivity contribution in [1.82, 2.24) is 5.32 Å². The summed E-state index contributed by atoms with van der Waals surface area (Å²) in [6.45, 7) is 0.594. The molecule has 4 heteroatoms. The van der Waals surface area contributed by atoms with E-state index in [-0.39, 0.29) is 11.9 Å². The quantitative estimate of drug-likeness (QED) is 0.788. The lowest BCUT2D eigenvalue weighted by Gasteiger charge is -2.25. The Hall–Kier alpha value is -1.55. The third-order valence-electron chi connectivity index (χ3n) is 2.88. The van der Waals surface area contributed by atoms with E-state index in [1.807, 2.05) is 12.1 Å². The first-order chi connectivity index (χ1) is 7.74. The maximum atomic E-state index is 11.8. The van der Waals surface area contributed by atoms with Gasteiger partial charge in [-0.25, -0.2) is 0 Å². The van der Waals surface area contributed by atoms with E-state index in [4.69, 9.17) is 10.5 Å². The van der Waals surface area contributed by atoms with Crippen LogP contribution in [0.3, 0.4) is 0 Å². The number of hydrogen-bond acceptors (Lipinski definition) is 3. The molecule has 16 heavy (non-hydrogen) atoms. The summed E-state index contributed by atoms with van der Waals surface area (Å²) >= 11 is 0. The largest absolute Gasteiger partial charge is 0.497 e. The van der Waals surface area contributed by atoms with Crippen molar-refractivity contribution in [2.75, 3.05) is 13.7 Å². The molecule has 1 atom stereocenters. The molecule has 4 nitrogen and oxygen atoms in total. The summed E-state index contributed by atoms with van der Waals surface area (Å²) in [6, 6.07) is 5.79. The van der Waals surface area contributed by atoms with Crippen molar-refractivity contribution in [2.45, 2.75) is 18.9 Å². The molecule has 1 aromatic rings. The number of nitrogens with two attached hydrogens (primary N) is 1. The molecule has 0 bridgehead atoms. The lowest BCUT2D eigenvalue weighted by Crippen LogP contribution is -2.42. The van der Waals surface area contributed by atoms with Gasteiger partial charge in [0.25, 0.3) is 5.91 Å². The third-order valence-corrected chi connectivity index (χ3v) is 2.88. The Morgan fingerprint density at radius 1 is 1.56 bits per heavy atom. The number of fused-ring (bicyclic) bond motifs is 1. The molecule has 0 spiro atoms. The van der Waals surface area contributed by atoms with Gasteiger partial charge >= 0.3 is 0 Å².